The van der Waals surface area contributed by atoms with Crippen LogP contribution in [0.3, 0.4) is 0 Å². The first-order valence-corrected chi connectivity index (χ1v) is 13.1. The number of fused-ring (bicyclic) bond motifs is 2. The number of nitrogens with two attached hydrogens (primary N) is 1. The lowest BCUT2D eigenvalue weighted by atomic mass is 9.85. The zero-order valence-electron chi connectivity index (χ0n) is 20.7. The van der Waals surface area contributed by atoms with Gasteiger partial charge in [0.25, 0.3) is 0 Å². The van der Waals surface area contributed by atoms with Crippen molar-refractivity contribution < 1.29 is 0 Å². The molecule has 0 aliphatic heterocycles. The van der Waals surface area contributed by atoms with Crippen molar-refractivity contribution in [1.82, 2.24) is 4.98 Å². The summed E-state index contributed by atoms with van der Waals surface area (Å²) in [5.41, 5.74) is 12.5. The van der Waals surface area contributed by atoms with E-state index in [1.54, 1.807) is 0 Å². The minimum absolute atomic E-state index is 0.951. The average molecular weight is 457 g/mol. The number of rotatable bonds is 7. The second-order valence-corrected chi connectivity index (χ2v) is 9.83. The van der Waals surface area contributed by atoms with Gasteiger partial charge in [-0.1, -0.05) is 93.4 Å². The number of nitrogens with zero attached hydrogens (tertiary/aromatic N) is 1. The van der Waals surface area contributed by atoms with E-state index >= 15 is 0 Å². The van der Waals surface area contributed by atoms with E-state index in [1.165, 1.54) is 59.8 Å². The largest absolute Gasteiger partial charge is 0.398 e. The van der Waals surface area contributed by atoms with Crippen molar-refractivity contribution in [1.29, 1.82) is 0 Å². The highest BCUT2D eigenvalue weighted by atomic mass is 14.7. The standard InChI is InChI=1S/C33H32N2/c1-3-5-10-23-20-35-33(28(32(23)34)14-6-4-2)27-19-18-22-13-8-16-25-24-15-7-11-21-12-9-17-26(29(21)24)31(27)30(22)25/h7-9,11-13,15-20H,3-6,10,14H2,1-2H3,(H2,34,35). The molecular formula is C33H32N2. The monoisotopic (exact) mass is 456 g/mol. The van der Waals surface area contributed by atoms with Gasteiger partial charge in [0, 0.05) is 28.4 Å². The lowest BCUT2D eigenvalue weighted by molar-refractivity contribution is 0.779. The number of aromatic nitrogens is 1. The quantitative estimate of drug-likeness (QED) is 0.192. The first kappa shape index (κ1) is 21.9. The first-order valence-electron chi connectivity index (χ1n) is 13.1. The Kier molecular flexibility index (Phi) is 5.53. The number of nitrogen functional groups attached to an aromatic ring is 1. The van der Waals surface area contributed by atoms with Crippen LogP contribution in [0.25, 0.3) is 54.3 Å². The topological polar surface area (TPSA) is 38.9 Å². The van der Waals surface area contributed by atoms with Gasteiger partial charge in [-0.2, -0.15) is 0 Å². The van der Waals surface area contributed by atoms with E-state index in [4.69, 9.17) is 10.7 Å². The lowest BCUT2D eigenvalue weighted by Gasteiger charge is -2.20. The van der Waals surface area contributed by atoms with Crippen molar-refractivity contribution in [2.75, 3.05) is 5.73 Å². The second-order valence-electron chi connectivity index (χ2n) is 9.83. The molecule has 174 valence electrons. The average Bonchev–Trinajstić information content (AvgIpc) is 2.90. The minimum atomic E-state index is 0.951. The Balaban J connectivity index is 1.74. The number of aryl methyl sites for hydroxylation is 1. The van der Waals surface area contributed by atoms with Crippen molar-refractivity contribution in [2.24, 2.45) is 0 Å². The predicted octanol–water partition coefficient (Wildman–Crippen LogP) is 9.07. The molecule has 0 saturated heterocycles. The van der Waals surface area contributed by atoms with Gasteiger partial charge in [0.15, 0.2) is 0 Å². The summed E-state index contributed by atoms with van der Waals surface area (Å²) in [6.07, 6.45) is 8.55. The Morgan fingerprint density at radius 2 is 1.29 bits per heavy atom. The molecule has 2 heteroatoms. The fourth-order valence-electron chi connectivity index (χ4n) is 5.87. The van der Waals surface area contributed by atoms with Crippen LogP contribution in [0.2, 0.25) is 0 Å². The van der Waals surface area contributed by atoms with Gasteiger partial charge in [-0.3, -0.25) is 4.98 Å². The summed E-state index contributed by atoms with van der Waals surface area (Å²) in [5, 5.41) is 10.5. The van der Waals surface area contributed by atoms with Gasteiger partial charge in [0.2, 0.25) is 0 Å². The molecule has 6 rings (SSSR count). The summed E-state index contributed by atoms with van der Waals surface area (Å²) in [4.78, 5) is 5.12. The zero-order valence-corrected chi connectivity index (χ0v) is 20.7. The molecule has 2 N–H and O–H groups in total. The minimum Gasteiger partial charge on any atom is -0.398 e. The van der Waals surface area contributed by atoms with Crippen LogP contribution in [0.5, 0.6) is 0 Å². The van der Waals surface area contributed by atoms with Gasteiger partial charge in [0.05, 0.1) is 5.69 Å². The van der Waals surface area contributed by atoms with Gasteiger partial charge in [-0.25, -0.2) is 0 Å². The molecule has 0 radical (unpaired) electrons. The normalized spacial score (nSPS) is 11.9. The summed E-state index contributed by atoms with van der Waals surface area (Å²) in [5.74, 6) is 0. The van der Waals surface area contributed by atoms with Crippen LogP contribution >= 0.6 is 0 Å². The molecule has 1 aromatic heterocycles. The molecule has 0 aliphatic carbocycles. The van der Waals surface area contributed by atoms with Gasteiger partial charge in [-0.15, -0.1) is 0 Å². The third-order valence-electron chi connectivity index (χ3n) is 7.65. The van der Waals surface area contributed by atoms with E-state index < -0.39 is 0 Å². The second kappa shape index (κ2) is 8.85. The van der Waals surface area contributed by atoms with E-state index in [0.717, 1.165) is 49.9 Å². The van der Waals surface area contributed by atoms with E-state index in [1.807, 2.05) is 6.20 Å². The van der Waals surface area contributed by atoms with Crippen molar-refractivity contribution in [3.05, 3.63) is 84.1 Å². The Morgan fingerprint density at radius 3 is 2.00 bits per heavy atom. The van der Waals surface area contributed by atoms with Gasteiger partial charge in [-0.05, 0) is 69.0 Å². The number of hydrogen-bond acceptors (Lipinski definition) is 2. The van der Waals surface area contributed by atoms with Gasteiger partial charge < -0.3 is 5.73 Å². The van der Waals surface area contributed by atoms with Gasteiger partial charge >= 0.3 is 0 Å². The molecule has 1 heterocycles. The molecule has 2 nitrogen and oxygen atoms in total. The van der Waals surface area contributed by atoms with Crippen molar-refractivity contribution in [2.45, 2.75) is 52.4 Å². The predicted molar refractivity (Wildman–Crippen MR) is 153 cm³/mol. The molecule has 0 bridgehead atoms. The Labute approximate surface area is 207 Å². The molecular weight excluding hydrogens is 424 g/mol. The smallest absolute Gasteiger partial charge is 0.0761 e. The lowest BCUT2D eigenvalue weighted by Crippen LogP contribution is -2.05. The molecule has 35 heavy (non-hydrogen) atoms. The molecule has 0 spiro atoms. The maximum absolute atomic E-state index is 6.86. The molecule has 0 unspecified atom stereocenters. The van der Waals surface area contributed by atoms with Crippen LogP contribution in [-0.2, 0) is 12.8 Å². The number of hydrogen-bond donors (Lipinski definition) is 1. The van der Waals surface area contributed by atoms with Crippen LogP contribution in [0.15, 0.2) is 72.9 Å². The van der Waals surface area contributed by atoms with Crippen LogP contribution in [0.4, 0.5) is 5.69 Å². The molecule has 5 aromatic carbocycles. The number of benzene rings is 5. The highest BCUT2D eigenvalue weighted by Crippen LogP contribution is 2.45. The van der Waals surface area contributed by atoms with Crippen molar-refractivity contribution in [3.63, 3.8) is 0 Å². The number of pyridine rings is 1. The molecule has 0 amide bonds. The summed E-state index contributed by atoms with van der Waals surface area (Å²) in [7, 11) is 0. The van der Waals surface area contributed by atoms with Crippen LogP contribution in [-0.4, -0.2) is 4.98 Å². The van der Waals surface area contributed by atoms with E-state index in [-0.39, 0.29) is 0 Å². The number of anilines is 1. The molecule has 0 atom stereocenters. The Morgan fingerprint density at radius 1 is 0.657 bits per heavy atom. The highest BCUT2D eigenvalue weighted by molar-refractivity contribution is 6.35. The van der Waals surface area contributed by atoms with Gasteiger partial charge in [0.1, 0.15) is 0 Å². The van der Waals surface area contributed by atoms with Crippen LogP contribution < -0.4 is 5.73 Å². The third kappa shape index (κ3) is 3.43. The van der Waals surface area contributed by atoms with E-state index in [2.05, 4.69) is 80.6 Å². The summed E-state index contributed by atoms with van der Waals surface area (Å²) in [6, 6.07) is 24.6. The third-order valence-corrected chi connectivity index (χ3v) is 7.65. The Hall–Kier alpha value is -3.65. The highest BCUT2D eigenvalue weighted by Gasteiger charge is 2.20. The summed E-state index contributed by atoms with van der Waals surface area (Å²) >= 11 is 0. The number of unbranched alkanes of at least 4 members (excludes halogenated alkanes) is 2. The zero-order chi connectivity index (χ0) is 23.9. The maximum Gasteiger partial charge on any atom is 0.0761 e. The fraction of sp³-hybridized carbons (Fsp3) is 0.242. The molecule has 0 saturated carbocycles. The molecule has 0 aliphatic rings. The molecule has 6 aromatic rings. The van der Waals surface area contributed by atoms with Crippen LogP contribution in [0.1, 0.15) is 50.7 Å². The Bertz CT molecular complexity index is 1670. The SMILES string of the molecule is CCCCc1cnc(-c2ccc3cccc4c5cccc6cccc(c2c34)c65)c(CCCC)c1N. The maximum atomic E-state index is 6.86. The van der Waals surface area contributed by atoms with Crippen molar-refractivity contribution in [3.8, 4) is 11.3 Å². The van der Waals surface area contributed by atoms with Crippen molar-refractivity contribution >= 4 is 48.8 Å². The fourth-order valence-corrected chi connectivity index (χ4v) is 5.87. The molecule has 0 fully saturated rings. The van der Waals surface area contributed by atoms with E-state index in [0.29, 0.717) is 0 Å². The summed E-state index contributed by atoms with van der Waals surface area (Å²) in [6.45, 7) is 4.47. The summed E-state index contributed by atoms with van der Waals surface area (Å²) < 4.78 is 0. The van der Waals surface area contributed by atoms with E-state index in [9.17, 15) is 0 Å². The first-order chi connectivity index (χ1) is 17.2. The van der Waals surface area contributed by atoms with Crippen LogP contribution in [0, 0.1) is 0 Å².